The van der Waals surface area contributed by atoms with E-state index in [1.54, 1.807) is 43.5 Å². The Hall–Kier alpha value is -2.58. The van der Waals surface area contributed by atoms with Crippen molar-refractivity contribution < 1.29 is 14.3 Å². The van der Waals surface area contributed by atoms with Gasteiger partial charge in [-0.2, -0.15) is 5.26 Å². The zero-order valence-electron chi connectivity index (χ0n) is 13.2. The number of ketones is 1. The highest BCUT2D eigenvalue weighted by Gasteiger charge is 2.14. The van der Waals surface area contributed by atoms with Crippen molar-refractivity contribution in [3.63, 3.8) is 0 Å². The highest BCUT2D eigenvalue weighted by atomic mass is 32.1. The Labute approximate surface area is 139 Å². The molecule has 5 heteroatoms. The van der Waals surface area contributed by atoms with Crippen LogP contribution in [0.2, 0.25) is 0 Å². The molecule has 0 atom stereocenters. The fourth-order valence-corrected chi connectivity index (χ4v) is 2.66. The summed E-state index contributed by atoms with van der Waals surface area (Å²) in [4.78, 5) is 12.8. The number of carbonyl (C=O) groups excluding carboxylic acids is 1. The monoisotopic (exact) mass is 327 g/mol. The molecule has 2 rings (SSSR count). The summed E-state index contributed by atoms with van der Waals surface area (Å²) in [5.41, 5.74) is 0.798. The van der Waals surface area contributed by atoms with Gasteiger partial charge in [0.05, 0.1) is 18.1 Å². The summed E-state index contributed by atoms with van der Waals surface area (Å²) in [5.74, 6) is 0.917. The van der Waals surface area contributed by atoms with E-state index in [4.69, 9.17) is 9.47 Å². The van der Waals surface area contributed by atoms with Crippen LogP contribution in [-0.2, 0) is 0 Å². The number of nitrogens with zero attached hydrogens (tertiary/aromatic N) is 1. The van der Waals surface area contributed by atoms with Crippen molar-refractivity contribution in [2.24, 2.45) is 0 Å². The van der Waals surface area contributed by atoms with Gasteiger partial charge >= 0.3 is 0 Å². The fourth-order valence-electron chi connectivity index (χ4n) is 1.98. The number of allylic oxidation sites excluding steroid dienone is 1. The fraction of sp³-hybridized carbons (Fsp3) is 0.222. The molecule has 0 saturated carbocycles. The van der Waals surface area contributed by atoms with Crippen LogP contribution in [0, 0.1) is 11.3 Å². The van der Waals surface area contributed by atoms with E-state index in [2.05, 4.69) is 0 Å². The number of rotatable bonds is 6. The maximum Gasteiger partial charge on any atom is 0.213 e. The van der Waals surface area contributed by atoms with E-state index in [-0.39, 0.29) is 17.5 Å². The lowest BCUT2D eigenvalue weighted by molar-refractivity contribution is 0.104. The van der Waals surface area contributed by atoms with E-state index in [1.807, 2.05) is 25.3 Å². The molecule has 0 saturated heterocycles. The number of ether oxygens (including phenoxy) is 2. The molecule has 1 aromatic heterocycles. The third kappa shape index (κ3) is 4.21. The summed E-state index contributed by atoms with van der Waals surface area (Å²) in [5, 5.41) is 11.1. The molecule has 0 aliphatic heterocycles. The summed E-state index contributed by atoms with van der Waals surface area (Å²) in [6.07, 6.45) is 1.59. The van der Waals surface area contributed by atoms with Crippen LogP contribution in [0.3, 0.4) is 0 Å². The topological polar surface area (TPSA) is 59.3 Å². The van der Waals surface area contributed by atoms with Gasteiger partial charge in [0.25, 0.3) is 0 Å². The van der Waals surface area contributed by atoms with E-state index in [9.17, 15) is 10.1 Å². The molecule has 0 amide bonds. The van der Waals surface area contributed by atoms with Gasteiger partial charge in [-0.1, -0.05) is 12.1 Å². The molecule has 118 valence electrons. The minimum absolute atomic E-state index is 0.0281. The lowest BCUT2D eigenvalue weighted by Gasteiger charge is -2.13. The van der Waals surface area contributed by atoms with Crippen LogP contribution in [0.4, 0.5) is 0 Å². The van der Waals surface area contributed by atoms with Gasteiger partial charge in [-0.3, -0.25) is 4.79 Å². The Morgan fingerprint density at radius 3 is 2.65 bits per heavy atom. The van der Waals surface area contributed by atoms with Crippen LogP contribution in [0.15, 0.2) is 41.3 Å². The minimum Gasteiger partial charge on any atom is -0.493 e. The van der Waals surface area contributed by atoms with Crippen LogP contribution in [0.25, 0.3) is 6.08 Å². The average Bonchev–Trinajstić information content (AvgIpc) is 3.07. The van der Waals surface area contributed by atoms with Crippen LogP contribution in [-0.4, -0.2) is 19.0 Å². The Balaban J connectivity index is 2.33. The van der Waals surface area contributed by atoms with Gasteiger partial charge in [0.15, 0.2) is 11.5 Å². The van der Waals surface area contributed by atoms with E-state index < -0.39 is 0 Å². The molecule has 0 unspecified atom stereocenters. The van der Waals surface area contributed by atoms with Gasteiger partial charge in [0.2, 0.25) is 5.78 Å². The van der Waals surface area contributed by atoms with Gasteiger partial charge in [-0.05, 0) is 49.1 Å². The van der Waals surface area contributed by atoms with Gasteiger partial charge in [-0.15, -0.1) is 11.3 Å². The minimum atomic E-state index is -0.274. The summed E-state index contributed by atoms with van der Waals surface area (Å²) >= 11 is 1.32. The van der Waals surface area contributed by atoms with Gasteiger partial charge < -0.3 is 9.47 Å². The highest BCUT2D eigenvalue weighted by molar-refractivity contribution is 7.12. The molecule has 2 aromatic rings. The quantitative estimate of drug-likeness (QED) is 0.450. The zero-order chi connectivity index (χ0) is 16.8. The zero-order valence-corrected chi connectivity index (χ0v) is 14.0. The molecular weight excluding hydrogens is 310 g/mol. The first-order valence-electron chi connectivity index (χ1n) is 7.10. The third-order valence-electron chi connectivity index (χ3n) is 2.97. The first kappa shape index (κ1) is 16.8. The third-order valence-corrected chi connectivity index (χ3v) is 3.84. The molecule has 0 fully saturated rings. The second-order valence-electron chi connectivity index (χ2n) is 5.05. The van der Waals surface area contributed by atoms with Crippen molar-refractivity contribution in [3.8, 4) is 17.6 Å². The normalized spacial score (nSPS) is 11.2. The van der Waals surface area contributed by atoms with Crippen molar-refractivity contribution in [1.82, 2.24) is 0 Å². The number of Topliss-reactive ketones (excluding diaryl/α,β-unsaturated/α-hetero) is 1. The van der Waals surface area contributed by atoms with Gasteiger partial charge in [0.1, 0.15) is 11.6 Å². The highest BCUT2D eigenvalue weighted by Crippen LogP contribution is 2.30. The maximum absolute atomic E-state index is 12.3. The standard InChI is InChI=1S/C18H17NO3S/c1-12(2)22-15-7-6-13(10-16(15)21-3)9-14(11-19)18(20)17-5-4-8-23-17/h4-10,12H,1-3H3/b14-9+. The molecule has 0 bridgehead atoms. The second kappa shape index (κ2) is 7.61. The number of hydrogen-bond donors (Lipinski definition) is 0. The Morgan fingerprint density at radius 1 is 1.30 bits per heavy atom. The van der Waals surface area contributed by atoms with Crippen molar-refractivity contribution in [2.75, 3.05) is 7.11 Å². The summed E-state index contributed by atoms with van der Waals surface area (Å²) in [7, 11) is 1.55. The first-order valence-corrected chi connectivity index (χ1v) is 7.97. The van der Waals surface area contributed by atoms with Crippen molar-refractivity contribution in [3.05, 3.63) is 51.7 Å². The Kier molecular flexibility index (Phi) is 5.56. The molecule has 1 aromatic carbocycles. The molecule has 4 nitrogen and oxygen atoms in total. The lowest BCUT2D eigenvalue weighted by Crippen LogP contribution is -2.06. The second-order valence-corrected chi connectivity index (χ2v) is 6.00. The number of carbonyl (C=O) groups is 1. The van der Waals surface area contributed by atoms with Gasteiger partial charge in [-0.25, -0.2) is 0 Å². The largest absolute Gasteiger partial charge is 0.493 e. The molecule has 23 heavy (non-hydrogen) atoms. The molecule has 1 heterocycles. The number of benzene rings is 1. The smallest absolute Gasteiger partial charge is 0.213 e. The number of hydrogen-bond acceptors (Lipinski definition) is 5. The van der Waals surface area contributed by atoms with E-state index in [1.165, 1.54) is 11.3 Å². The molecule has 0 aliphatic rings. The van der Waals surface area contributed by atoms with Crippen LogP contribution >= 0.6 is 11.3 Å². The lowest BCUT2D eigenvalue weighted by atomic mass is 10.1. The van der Waals surface area contributed by atoms with Crippen molar-refractivity contribution >= 4 is 23.2 Å². The Morgan fingerprint density at radius 2 is 2.09 bits per heavy atom. The van der Waals surface area contributed by atoms with Crippen LogP contribution < -0.4 is 9.47 Å². The van der Waals surface area contributed by atoms with Crippen molar-refractivity contribution in [2.45, 2.75) is 20.0 Å². The number of nitriles is 1. The van der Waals surface area contributed by atoms with Crippen LogP contribution in [0.5, 0.6) is 11.5 Å². The van der Waals surface area contributed by atoms with E-state index in [0.717, 1.165) is 0 Å². The molecule has 0 spiro atoms. The average molecular weight is 327 g/mol. The van der Waals surface area contributed by atoms with Crippen molar-refractivity contribution in [1.29, 1.82) is 5.26 Å². The van der Waals surface area contributed by atoms with E-state index >= 15 is 0 Å². The molecule has 0 aliphatic carbocycles. The molecule has 0 N–H and O–H groups in total. The summed E-state index contributed by atoms with van der Waals surface area (Å²) < 4.78 is 11.0. The van der Waals surface area contributed by atoms with E-state index in [0.29, 0.717) is 21.9 Å². The first-order chi connectivity index (χ1) is 11.0. The molecule has 0 radical (unpaired) electrons. The van der Waals surface area contributed by atoms with Crippen LogP contribution in [0.1, 0.15) is 29.1 Å². The Bertz CT molecular complexity index is 755. The van der Waals surface area contributed by atoms with Gasteiger partial charge in [0, 0.05) is 0 Å². The number of thiophene rings is 1. The predicted molar refractivity (Wildman–Crippen MR) is 91.0 cm³/mol. The predicted octanol–water partition coefficient (Wildman–Crippen LogP) is 4.33. The maximum atomic E-state index is 12.3. The summed E-state index contributed by atoms with van der Waals surface area (Å²) in [6, 6.07) is 10.8. The SMILES string of the molecule is COc1cc(/C=C(\C#N)C(=O)c2cccs2)ccc1OC(C)C. The number of methoxy groups -OCH3 is 1. The molecular formula is C18H17NO3S. The summed E-state index contributed by atoms with van der Waals surface area (Å²) in [6.45, 7) is 3.86.